The van der Waals surface area contributed by atoms with Crippen LogP contribution in [0, 0.1) is 0 Å². The molecule has 24 heavy (non-hydrogen) atoms. The number of aromatic nitrogens is 3. The second-order valence-electron chi connectivity index (χ2n) is 5.23. The van der Waals surface area contributed by atoms with Crippen LogP contribution < -0.4 is 0 Å². The predicted octanol–water partition coefficient (Wildman–Crippen LogP) is 4.74. The maximum absolute atomic E-state index is 13.3. The fourth-order valence-electron chi connectivity index (χ4n) is 2.63. The third-order valence-electron chi connectivity index (χ3n) is 3.75. The van der Waals surface area contributed by atoms with E-state index in [4.69, 9.17) is 0 Å². The molecule has 1 unspecified atom stereocenters. The average molecular weight is 351 g/mol. The Morgan fingerprint density at radius 2 is 1.88 bits per heavy atom. The molecule has 1 N–H and O–H groups in total. The number of ketones is 1. The molecule has 0 aliphatic rings. The zero-order valence-electron chi connectivity index (χ0n) is 12.5. The maximum atomic E-state index is 13.3. The summed E-state index contributed by atoms with van der Waals surface area (Å²) in [6.07, 6.45) is 1.80. The van der Waals surface area contributed by atoms with E-state index >= 15 is 0 Å². The van der Waals surface area contributed by atoms with Gasteiger partial charge in [0, 0.05) is 22.7 Å². The van der Waals surface area contributed by atoms with Crippen LogP contribution in [0.2, 0.25) is 0 Å². The smallest absolute Gasteiger partial charge is 0.182 e. The minimum Gasteiger partial charge on any atom is -0.360 e. The highest BCUT2D eigenvalue weighted by atomic mass is 32.2. The zero-order chi connectivity index (χ0) is 16.4. The Morgan fingerprint density at radius 3 is 2.67 bits per heavy atom. The first-order valence-electron chi connectivity index (χ1n) is 7.41. The van der Waals surface area contributed by atoms with Crippen molar-refractivity contribution >= 4 is 39.8 Å². The van der Waals surface area contributed by atoms with E-state index in [1.165, 1.54) is 23.1 Å². The lowest BCUT2D eigenvalue weighted by atomic mass is 10.0. The molecule has 0 saturated carbocycles. The molecule has 6 heteroatoms. The second kappa shape index (κ2) is 6.59. The van der Waals surface area contributed by atoms with Crippen molar-refractivity contribution in [2.24, 2.45) is 0 Å². The summed E-state index contributed by atoms with van der Waals surface area (Å²) in [5.74, 6) is 0.0684. The number of benzene rings is 2. The Morgan fingerprint density at radius 1 is 1.08 bits per heavy atom. The highest BCUT2D eigenvalue weighted by Gasteiger charge is 2.26. The Balaban J connectivity index is 1.76. The van der Waals surface area contributed by atoms with Gasteiger partial charge in [0.25, 0.3) is 0 Å². The highest BCUT2D eigenvalue weighted by molar-refractivity contribution is 8.01. The fourth-order valence-corrected chi connectivity index (χ4v) is 4.37. The zero-order valence-corrected chi connectivity index (χ0v) is 14.2. The van der Waals surface area contributed by atoms with Crippen molar-refractivity contribution in [3.8, 4) is 0 Å². The highest BCUT2D eigenvalue weighted by Crippen LogP contribution is 2.39. The molecule has 118 valence electrons. The number of H-pyrrole nitrogens is 1. The van der Waals surface area contributed by atoms with Crippen molar-refractivity contribution in [1.29, 1.82) is 0 Å². The van der Waals surface area contributed by atoms with Crippen molar-refractivity contribution < 1.29 is 4.79 Å². The first-order chi connectivity index (χ1) is 11.8. The monoisotopic (exact) mass is 351 g/mol. The number of aromatic amines is 1. The minimum absolute atomic E-state index is 0.0684. The number of nitrogens with zero attached hydrogens (tertiary/aromatic N) is 2. The summed E-state index contributed by atoms with van der Waals surface area (Å²) in [7, 11) is 0. The van der Waals surface area contributed by atoms with Crippen molar-refractivity contribution in [1.82, 2.24) is 15.2 Å². The minimum atomic E-state index is -0.349. The molecule has 4 rings (SSSR count). The maximum Gasteiger partial charge on any atom is 0.182 e. The van der Waals surface area contributed by atoms with E-state index in [0.717, 1.165) is 20.8 Å². The number of thioether (sulfide) groups is 1. The molecule has 0 fully saturated rings. The van der Waals surface area contributed by atoms with Crippen LogP contribution in [0.4, 0.5) is 0 Å². The van der Waals surface area contributed by atoms with E-state index < -0.39 is 0 Å². The molecule has 4 nitrogen and oxygen atoms in total. The SMILES string of the molecule is O=C(c1c[nH]c2ccccc12)C(Sc1nncs1)c1ccccc1. The third-order valence-corrected chi connectivity index (χ3v) is 5.82. The predicted molar refractivity (Wildman–Crippen MR) is 97.6 cm³/mol. The van der Waals surface area contributed by atoms with E-state index in [-0.39, 0.29) is 11.0 Å². The summed E-state index contributed by atoms with van der Waals surface area (Å²) >= 11 is 2.89. The Kier molecular flexibility index (Phi) is 4.15. The van der Waals surface area contributed by atoms with Gasteiger partial charge in [-0.1, -0.05) is 71.6 Å². The number of Topliss-reactive ketones (excluding diaryl/α,β-unsaturated/α-hetero) is 1. The molecule has 0 aliphatic carbocycles. The number of para-hydroxylation sites is 1. The van der Waals surface area contributed by atoms with Crippen LogP contribution in [0.1, 0.15) is 21.2 Å². The molecule has 0 radical (unpaired) electrons. The van der Waals surface area contributed by atoms with Crippen molar-refractivity contribution in [2.75, 3.05) is 0 Å². The largest absolute Gasteiger partial charge is 0.360 e. The van der Waals surface area contributed by atoms with Crippen LogP contribution >= 0.6 is 23.1 Å². The van der Waals surface area contributed by atoms with Gasteiger partial charge in [-0.25, -0.2) is 0 Å². The molecule has 2 aromatic carbocycles. The van der Waals surface area contributed by atoms with Crippen LogP contribution in [0.3, 0.4) is 0 Å². The normalized spacial score (nSPS) is 12.3. The number of hydrogen-bond acceptors (Lipinski definition) is 5. The van der Waals surface area contributed by atoms with Crippen LogP contribution in [-0.2, 0) is 0 Å². The van der Waals surface area contributed by atoms with Crippen LogP contribution in [0.5, 0.6) is 0 Å². The van der Waals surface area contributed by atoms with Gasteiger partial charge in [0.2, 0.25) is 0 Å². The number of nitrogens with one attached hydrogen (secondary N) is 1. The van der Waals surface area contributed by atoms with Gasteiger partial charge >= 0.3 is 0 Å². The number of rotatable bonds is 5. The number of hydrogen-bond donors (Lipinski definition) is 1. The number of carbonyl (C=O) groups excluding carboxylic acids is 1. The van der Waals surface area contributed by atoms with E-state index in [1.54, 1.807) is 11.7 Å². The van der Waals surface area contributed by atoms with Gasteiger partial charge in [-0.2, -0.15) is 0 Å². The van der Waals surface area contributed by atoms with Gasteiger partial charge in [-0.15, -0.1) is 10.2 Å². The molecular formula is C18H13N3OS2. The molecule has 0 saturated heterocycles. The van der Waals surface area contributed by atoms with E-state index in [1.807, 2.05) is 54.6 Å². The number of fused-ring (bicyclic) bond motifs is 1. The van der Waals surface area contributed by atoms with Gasteiger partial charge in [0.1, 0.15) is 10.8 Å². The lowest BCUT2D eigenvalue weighted by molar-refractivity contribution is 0.0991. The summed E-state index contributed by atoms with van der Waals surface area (Å²) < 4.78 is 0.789. The molecule has 0 spiro atoms. The number of carbonyl (C=O) groups is 1. The molecule has 2 aromatic heterocycles. The molecule has 0 bridgehead atoms. The van der Waals surface area contributed by atoms with Crippen molar-refractivity contribution in [3.63, 3.8) is 0 Å². The standard InChI is InChI=1S/C18H13N3OS2/c22-16(14-10-19-15-9-5-4-8-13(14)15)17(12-6-2-1-3-7-12)24-18-21-20-11-23-18/h1-11,17,19H. The van der Waals surface area contributed by atoms with E-state index in [9.17, 15) is 4.79 Å². The summed E-state index contributed by atoms with van der Waals surface area (Å²) in [4.78, 5) is 16.4. The molecule has 0 amide bonds. The summed E-state index contributed by atoms with van der Waals surface area (Å²) in [5, 5.41) is 8.55. The molecule has 4 aromatic rings. The van der Waals surface area contributed by atoms with E-state index in [2.05, 4.69) is 15.2 Å². The van der Waals surface area contributed by atoms with E-state index in [0.29, 0.717) is 5.56 Å². The summed E-state index contributed by atoms with van der Waals surface area (Å²) in [6.45, 7) is 0. The van der Waals surface area contributed by atoms with Gasteiger partial charge in [-0.05, 0) is 11.6 Å². The Labute approximate surface area is 146 Å². The summed E-state index contributed by atoms with van der Waals surface area (Å²) in [5.41, 5.74) is 4.32. The molecule has 2 heterocycles. The first kappa shape index (κ1) is 15.1. The Bertz CT molecular complexity index is 964. The van der Waals surface area contributed by atoms with Crippen LogP contribution in [0.25, 0.3) is 10.9 Å². The van der Waals surface area contributed by atoms with Crippen molar-refractivity contribution in [2.45, 2.75) is 9.59 Å². The molecular weight excluding hydrogens is 338 g/mol. The quantitative estimate of drug-likeness (QED) is 0.417. The topological polar surface area (TPSA) is 58.6 Å². The van der Waals surface area contributed by atoms with Gasteiger partial charge < -0.3 is 4.98 Å². The van der Waals surface area contributed by atoms with Crippen LogP contribution in [-0.4, -0.2) is 21.0 Å². The van der Waals surface area contributed by atoms with Gasteiger partial charge in [0.15, 0.2) is 10.1 Å². The molecule has 0 aliphatic heterocycles. The lowest BCUT2D eigenvalue weighted by Gasteiger charge is -2.14. The van der Waals surface area contributed by atoms with Gasteiger partial charge in [-0.3, -0.25) is 4.79 Å². The molecule has 1 atom stereocenters. The van der Waals surface area contributed by atoms with Crippen LogP contribution in [0.15, 0.2) is 70.6 Å². The average Bonchev–Trinajstić information content (AvgIpc) is 3.29. The fraction of sp³-hybridized carbons (Fsp3) is 0.0556. The third kappa shape index (κ3) is 2.86. The second-order valence-corrected chi connectivity index (χ2v) is 7.41. The summed E-state index contributed by atoms with van der Waals surface area (Å²) in [6, 6.07) is 17.7. The van der Waals surface area contributed by atoms with Crippen molar-refractivity contribution in [3.05, 3.63) is 77.4 Å². The Hall–Kier alpha value is -2.44. The lowest BCUT2D eigenvalue weighted by Crippen LogP contribution is -2.09. The van der Waals surface area contributed by atoms with Gasteiger partial charge in [0.05, 0.1) is 0 Å². The first-order valence-corrected chi connectivity index (χ1v) is 9.17.